The number of carbonyl (C=O) groups is 2. The van der Waals surface area contributed by atoms with Crippen molar-refractivity contribution < 1.29 is 24.2 Å². The minimum absolute atomic E-state index is 0.120. The Labute approximate surface area is 178 Å². The Kier molecular flexibility index (Phi) is 5.07. The maximum atomic E-state index is 13.7. The molecule has 1 amide bonds. The van der Waals surface area contributed by atoms with E-state index in [1.54, 1.807) is 31.2 Å². The monoisotopic (exact) mass is 417 g/mol. The van der Waals surface area contributed by atoms with Gasteiger partial charge in [0.25, 0.3) is 11.7 Å². The number of benzene rings is 3. The quantitative estimate of drug-likeness (QED) is 0.365. The van der Waals surface area contributed by atoms with Crippen LogP contribution in [0.2, 0.25) is 0 Å². The van der Waals surface area contributed by atoms with Gasteiger partial charge in [-0.3, -0.25) is 14.5 Å². The number of aryl methyl sites for hydroxylation is 2. The van der Waals surface area contributed by atoms with Crippen LogP contribution in [0.3, 0.4) is 0 Å². The van der Waals surface area contributed by atoms with Crippen molar-refractivity contribution in [3.63, 3.8) is 0 Å². The van der Waals surface area contributed by atoms with Gasteiger partial charge in [0.15, 0.2) is 0 Å². The van der Waals surface area contributed by atoms with E-state index in [0.29, 0.717) is 11.1 Å². The Balaban J connectivity index is 1.99. The standard InChI is InChI=1S/C25H20FNO4/c1-14-6-5-7-16(12-14)22-21(23(29)17-10-11-18(26)15(2)13-17)24(30)25(31)27(22)19-8-3-4-9-20(19)28/h3-13,22,28-29H,1-2H3/b23-21-. The molecule has 0 radical (unpaired) electrons. The summed E-state index contributed by atoms with van der Waals surface area (Å²) >= 11 is 0. The zero-order chi connectivity index (χ0) is 22.3. The van der Waals surface area contributed by atoms with Crippen LogP contribution in [0, 0.1) is 19.7 Å². The zero-order valence-electron chi connectivity index (χ0n) is 17.0. The van der Waals surface area contributed by atoms with Gasteiger partial charge in [-0.25, -0.2) is 4.39 Å². The van der Waals surface area contributed by atoms with Gasteiger partial charge in [0.2, 0.25) is 0 Å². The highest BCUT2D eigenvalue weighted by Gasteiger charge is 2.47. The van der Waals surface area contributed by atoms with Gasteiger partial charge in [-0.05, 0) is 55.3 Å². The molecule has 3 aromatic rings. The summed E-state index contributed by atoms with van der Waals surface area (Å²) in [5, 5.41) is 21.4. The number of anilines is 1. The second-order valence-electron chi connectivity index (χ2n) is 7.54. The molecule has 1 atom stereocenters. The Hall–Kier alpha value is -3.93. The molecule has 1 unspecified atom stereocenters. The molecule has 6 heteroatoms. The van der Waals surface area contributed by atoms with Crippen molar-refractivity contribution >= 4 is 23.1 Å². The van der Waals surface area contributed by atoms with E-state index < -0.39 is 29.3 Å². The average Bonchev–Trinajstić information content (AvgIpc) is 3.01. The van der Waals surface area contributed by atoms with Crippen molar-refractivity contribution in [1.82, 2.24) is 0 Å². The van der Waals surface area contributed by atoms with Crippen molar-refractivity contribution in [3.05, 3.63) is 100 Å². The van der Waals surface area contributed by atoms with Gasteiger partial charge < -0.3 is 10.2 Å². The van der Waals surface area contributed by atoms with Crippen molar-refractivity contribution in [1.29, 1.82) is 0 Å². The molecule has 1 heterocycles. The number of amides is 1. The van der Waals surface area contributed by atoms with Gasteiger partial charge in [0.05, 0.1) is 17.3 Å². The highest BCUT2D eigenvalue weighted by Crippen LogP contribution is 2.44. The number of nitrogens with zero attached hydrogens (tertiary/aromatic N) is 1. The van der Waals surface area contributed by atoms with Crippen molar-refractivity contribution in [3.8, 4) is 5.75 Å². The molecule has 0 aliphatic carbocycles. The maximum absolute atomic E-state index is 13.7. The van der Waals surface area contributed by atoms with Crippen molar-refractivity contribution in [2.24, 2.45) is 0 Å². The van der Waals surface area contributed by atoms with Crippen molar-refractivity contribution in [2.75, 3.05) is 4.90 Å². The number of carbonyl (C=O) groups excluding carboxylic acids is 2. The number of rotatable bonds is 3. The maximum Gasteiger partial charge on any atom is 0.300 e. The second-order valence-corrected chi connectivity index (χ2v) is 7.54. The van der Waals surface area contributed by atoms with Gasteiger partial charge in [0.1, 0.15) is 17.3 Å². The Morgan fingerprint density at radius 1 is 0.968 bits per heavy atom. The number of aliphatic hydroxyl groups excluding tert-OH is 1. The zero-order valence-corrected chi connectivity index (χ0v) is 17.0. The lowest BCUT2D eigenvalue weighted by atomic mass is 9.94. The van der Waals surface area contributed by atoms with E-state index in [0.717, 1.165) is 5.56 Å². The lowest BCUT2D eigenvalue weighted by Crippen LogP contribution is -2.29. The molecule has 0 saturated carbocycles. The Morgan fingerprint density at radius 2 is 1.71 bits per heavy atom. The van der Waals surface area contributed by atoms with E-state index in [1.807, 2.05) is 19.1 Å². The number of Topliss-reactive ketones (excluding diaryl/α,β-unsaturated/α-hetero) is 1. The third kappa shape index (κ3) is 3.46. The molecular weight excluding hydrogens is 397 g/mol. The summed E-state index contributed by atoms with van der Waals surface area (Å²) in [6.45, 7) is 3.42. The molecule has 1 aliphatic heterocycles. The lowest BCUT2D eigenvalue weighted by Gasteiger charge is -2.26. The average molecular weight is 417 g/mol. The van der Waals surface area contributed by atoms with E-state index in [-0.39, 0.29) is 22.6 Å². The van der Waals surface area contributed by atoms with Crippen molar-refractivity contribution in [2.45, 2.75) is 19.9 Å². The lowest BCUT2D eigenvalue weighted by molar-refractivity contribution is -0.132. The fourth-order valence-electron chi connectivity index (χ4n) is 3.85. The number of phenolic OH excluding ortho intramolecular Hbond substituents is 1. The van der Waals surface area contributed by atoms with Gasteiger partial charge in [0, 0.05) is 5.56 Å². The number of aromatic hydroxyl groups is 1. The minimum atomic E-state index is -0.960. The molecule has 4 rings (SSSR count). The topological polar surface area (TPSA) is 77.8 Å². The summed E-state index contributed by atoms with van der Waals surface area (Å²) < 4.78 is 13.7. The second kappa shape index (κ2) is 7.72. The smallest absolute Gasteiger partial charge is 0.300 e. The Morgan fingerprint density at radius 3 is 2.39 bits per heavy atom. The van der Waals surface area contributed by atoms with Crippen LogP contribution >= 0.6 is 0 Å². The number of aliphatic hydroxyl groups is 1. The first-order chi connectivity index (χ1) is 14.8. The largest absolute Gasteiger partial charge is 0.507 e. The number of phenols is 1. The summed E-state index contributed by atoms with van der Waals surface area (Å²) in [5.74, 6) is -2.75. The first-order valence-corrected chi connectivity index (χ1v) is 9.71. The molecule has 1 aliphatic rings. The fraction of sp³-hybridized carbons (Fsp3) is 0.120. The predicted molar refractivity (Wildman–Crippen MR) is 115 cm³/mol. The van der Waals surface area contributed by atoms with Crippen LogP contribution in [-0.4, -0.2) is 21.9 Å². The number of hydrogen-bond donors (Lipinski definition) is 2. The third-order valence-corrected chi connectivity index (χ3v) is 5.37. The summed E-state index contributed by atoms with van der Waals surface area (Å²) in [6, 6.07) is 16.5. The molecule has 156 valence electrons. The summed E-state index contributed by atoms with van der Waals surface area (Å²) in [7, 11) is 0. The number of halogens is 1. The van der Waals surface area contributed by atoms with Crippen LogP contribution in [0.4, 0.5) is 10.1 Å². The fourth-order valence-corrected chi connectivity index (χ4v) is 3.85. The molecule has 2 N–H and O–H groups in total. The summed E-state index contributed by atoms with van der Waals surface area (Å²) in [4.78, 5) is 27.3. The van der Waals surface area contributed by atoms with Gasteiger partial charge in [-0.15, -0.1) is 0 Å². The molecule has 5 nitrogen and oxygen atoms in total. The number of ketones is 1. The molecule has 31 heavy (non-hydrogen) atoms. The van der Waals surface area contributed by atoms with Gasteiger partial charge in [-0.2, -0.15) is 0 Å². The van der Waals surface area contributed by atoms with Crippen LogP contribution in [0.25, 0.3) is 5.76 Å². The van der Waals surface area contributed by atoms with E-state index in [4.69, 9.17) is 0 Å². The molecule has 0 spiro atoms. The molecule has 0 aromatic heterocycles. The molecule has 0 bridgehead atoms. The van der Waals surface area contributed by atoms with Crippen LogP contribution in [0.5, 0.6) is 5.75 Å². The summed E-state index contributed by atoms with van der Waals surface area (Å²) in [5.41, 5.74) is 2.06. The third-order valence-electron chi connectivity index (χ3n) is 5.37. The van der Waals surface area contributed by atoms with E-state index in [9.17, 15) is 24.2 Å². The first-order valence-electron chi connectivity index (χ1n) is 9.71. The van der Waals surface area contributed by atoms with Gasteiger partial charge in [-0.1, -0.05) is 42.0 Å². The van der Waals surface area contributed by atoms with Crippen LogP contribution in [0.15, 0.2) is 72.3 Å². The highest BCUT2D eigenvalue weighted by atomic mass is 19.1. The van der Waals surface area contributed by atoms with E-state index in [1.165, 1.54) is 35.2 Å². The van der Waals surface area contributed by atoms with E-state index >= 15 is 0 Å². The number of para-hydroxylation sites is 2. The number of hydrogen-bond acceptors (Lipinski definition) is 4. The van der Waals surface area contributed by atoms with Crippen LogP contribution in [-0.2, 0) is 9.59 Å². The summed E-state index contributed by atoms with van der Waals surface area (Å²) in [6.07, 6.45) is 0. The highest BCUT2D eigenvalue weighted by molar-refractivity contribution is 6.51. The molecular formula is C25H20FNO4. The van der Waals surface area contributed by atoms with E-state index in [2.05, 4.69) is 0 Å². The molecule has 1 saturated heterocycles. The first kappa shape index (κ1) is 20.3. The van der Waals surface area contributed by atoms with Gasteiger partial charge >= 0.3 is 0 Å². The minimum Gasteiger partial charge on any atom is -0.507 e. The Bertz CT molecular complexity index is 1250. The molecule has 3 aromatic carbocycles. The predicted octanol–water partition coefficient (Wildman–Crippen LogP) is 4.77. The molecule has 1 fully saturated rings. The normalized spacial score (nSPS) is 17.9. The van der Waals surface area contributed by atoms with Crippen LogP contribution in [0.1, 0.15) is 28.3 Å². The van der Waals surface area contributed by atoms with Crippen LogP contribution < -0.4 is 4.90 Å². The SMILES string of the molecule is Cc1cccc(C2/C(=C(/O)c3ccc(F)c(C)c3)C(=O)C(=O)N2c2ccccc2O)c1.